The molecule has 0 bridgehead atoms. The lowest BCUT2D eigenvalue weighted by Gasteiger charge is -2.03. The second-order valence-electron chi connectivity index (χ2n) is 1.75. The summed E-state index contributed by atoms with van der Waals surface area (Å²) in [6.07, 6.45) is 0. The predicted octanol–water partition coefficient (Wildman–Crippen LogP) is 1.03. The quantitative estimate of drug-likeness (QED) is 0.578. The Hall–Kier alpha value is 0.520. The molecule has 0 fully saturated rings. The van der Waals surface area contributed by atoms with Crippen molar-refractivity contribution < 1.29 is 9.90 Å². The van der Waals surface area contributed by atoms with Crippen LogP contribution in [0.3, 0.4) is 0 Å². The van der Waals surface area contributed by atoms with Crippen LogP contribution in [0.2, 0.25) is 0 Å². The van der Waals surface area contributed by atoms with Gasteiger partial charge in [0.25, 0.3) is 0 Å². The smallest absolute Gasteiger partial charge is 0.313 e. The number of aliphatic carboxylic acids is 1. The molecule has 60 valence electrons. The number of hydrogen-bond donors (Lipinski definition) is 3. The number of rotatable bonds is 5. The minimum Gasteiger partial charge on any atom is -0.481 e. The molecule has 0 aromatic carbocycles. The van der Waals surface area contributed by atoms with Crippen molar-refractivity contribution in [1.29, 1.82) is 0 Å². The highest BCUT2D eigenvalue weighted by Gasteiger charge is 2.01. The molecule has 0 aromatic heterocycles. The van der Waals surface area contributed by atoms with E-state index in [0.29, 0.717) is 5.75 Å². The van der Waals surface area contributed by atoms with Crippen LogP contribution in [-0.4, -0.2) is 33.6 Å². The number of carboxylic acid groups (broad SMARTS) is 1. The SMILES string of the molecule is O=C(O)CSCC(S)CS. The van der Waals surface area contributed by atoms with Crippen LogP contribution >= 0.6 is 37.0 Å². The van der Waals surface area contributed by atoms with Gasteiger partial charge in [-0.15, -0.1) is 11.8 Å². The van der Waals surface area contributed by atoms with Crippen molar-refractivity contribution in [2.24, 2.45) is 0 Å². The highest BCUT2D eigenvalue weighted by atomic mass is 32.2. The lowest BCUT2D eigenvalue weighted by molar-refractivity contribution is -0.133. The maximum Gasteiger partial charge on any atom is 0.313 e. The topological polar surface area (TPSA) is 37.3 Å². The molecule has 10 heavy (non-hydrogen) atoms. The molecule has 0 radical (unpaired) electrons. The Kier molecular flexibility index (Phi) is 6.57. The molecule has 1 N–H and O–H groups in total. The van der Waals surface area contributed by atoms with Crippen LogP contribution in [0.5, 0.6) is 0 Å². The summed E-state index contributed by atoms with van der Waals surface area (Å²) >= 11 is 9.51. The lowest BCUT2D eigenvalue weighted by atomic mass is 10.5. The molecule has 0 spiro atoms. The largest absolute Gasteiger partial charge is 0.481 e. The molecule has 0 aliphatic heterocycles. The Morgan fingerprint density at radius 3 is 2.70 bits per heavy atom. The molecule has 0 aromatic rings. The molecule has 0 heterocycles. The fourth-order valence-corrected chi connectivity index (χ4v) is 1.64. The van der Waals surface area contributed by atoms with Crippen molar-refractivity contribution in [1.82, 2.24) is 0 Å². The van der Waals surface area contributed by atoms with E-state index in [1.165, 1.54) is 11.8 Å². The lowest BCUT2D eigenvalue weighted by Crippen LogP contribution is -2.07. The third-order valence-electron chi connectivity index (χ3n) is 0.747. The molecule has 1 unspecified atom stereocenters. The van der Waals surface area contributed by atoms with E-state index in [1.54, 1.807) is 0 Å². The van der Waals surface area contributed by atoms with Gasteiger partial charge in [0.1, 0.15) is 0 Å². The highest BCUT2D eigenvalue weighted by Crippen LogP contribution is 2.08. The summed E-state index contributed by atoms with van der Waals surface area (Å²) in [4.78, 5) is 10.0. The van der Waals surface area contributed by atoms with Gasteiger partial charge in [-0.25, -0.2) is 0 Å². The van der Waals surface area contributed by atoms with E-state index in [9.17, 15) is 4.79 Å². The fraction of sp³-hybridized carbons (Fsp3) is 0.800. The van der Waals surface area contributed by atoms with Crippen LogP contribution in [0, 0.1) is 0 Å². The van der Waals surface area contributed by atoms with Gasteiger partial charge in [0, 0.05) is 16.8 Å². The summed E-state index contributed by atoms with van der Waals surface area (Å²) in [5, 5.41) is 8.44. The van der Waals surface area contributed by atoms with Gasteiger partial charge in [-0.3, -0.25) is 4.79 Å². The Balaban J connectivity index is 3.11. The predicted molar refractivity (Wildman–Crippen MR) is 51.6 cm³/mol. The van der Waals surface area contributed by atoms with Crippen molar-refractivity contribution in [3.8, 4) is 0 Å². The van der Waals surface area contributed by atoms with E-state index in [1.807, 2.05) is 0 Å². The Bertz CT molecular complexity index is 107. The van der Waals surface area contributed by atoms with Crippen LogP contribution in [0.25, 0.3) is 0 Å². The third kappa shape index (κ3) is 6.64. The number of carboxylic acids is 1. The van der Waals surface area contributed by atoms with E-state index >= 15 is 0 Å². The maximum atomic E-state index is 10.0. The van der Waals surface area contributed by atoms with Crippen molar-refractivity contribution in [3.63, 3.8) is 0 Å². The normalized spacial score (nSPS) is 13.0. The van der Waals surface area contributed by atoms with Gasteiger partial charge < -0.3 is 5.11 Å². The average Bonchev–Trinajstić information content (AvgIpc) is 1.87. The fourth-order valence-electron chi connectivity index (χ4n) is 0.335. The molecule has 5 heteroatoms. The van der Waals surface area contributed by atoms with Gasteiger partial charge in [-0.2, -0.15) is 25.3 Å². The second kappa shape index (κ2) is 6.24. The summed E-state index contributed by atoms with van der Waals surface area (Å²) in [5.74, 6) is 0.823. The molecule has 0 rings (SSSR count). The standard InChI is InChI=1S/C5H10O2S3/c6-5(7)3-10-2-4(9)1-8/h4,8-9H,1-3H2,(H,6,7). The van der Waals surface area contributed by atoms with Crippen molar-refractivity contribution in [2.45, 2.75) is 5.25 Å². The van der Waals surface area contributed by atoms with Gasteiger partial charge in [0.15, 0.2) is 0 Å². The first-order valence-corrected chi connectivity index (χ1v) is 5.05. The van der Waals surface area contributed by atoms with Crippen LogP contribution < -0.4 is 0 Å². The minimum atomic E-state index is -0.773. The van der Waals surface area contributed by atoms with Gasteiger partial charge in [-0.05, 0) is 0 Å². The molecule has 0 saturated heterocycles. The van der Waals surface area contributed by atoms with Crippen molar-refractivity contribution >= 4 is 43.0 Å². The van der Waals surface area contributed by atoms with E-state index in [2.05, 4.69) is 25.3 Å². The molecular formula is C5H10O2S3. The van der Waals surface area contributed by atoms with Crippen molar-refractivity contribution in [2.75, 3.05) is 17.3 Å². The van der Waals surface area contributed by atoms with E-state index in [4.69, 9.17) is 5.11 Å². The first-order chi connectivity index (χ1) is 4.66. The summed E-state index contributed by atoms with van der Waals surface area (Å²) in [5.41, 5.74) is 0. The van der Waals surface area contributed by atoms with Gasteiger partial charge in [-0.1, -0.05) is 0 Å². The molecule has 1 atom stereocenters. The zero-order chi connectivity index (χ0) is 7.98. The monoisotopic (exact) mass is 198 g/mol. The van der Waals surface area contributed by atoms with E-state index < -0.39 is 5.97 Å². The molecule has 2 nitrogen and oxygen atoms in total. The summed E-state index contributed by atoms with van der Waals surface area (Å²) in [6.45, 7) is 0. The van der Waals surface area contributed by atoms with Gasteiger partial charge >= 0.3 is 5.97 Å². The highest BCUT2D eigenvalue weighted by molar-refractivity contribution is 8.00. The summed E-state index contributed by atoms with van der Waals surface area (Å²) < 4.78 is 0. The average molecular weight is 198 g/mol. The van der Waals surface area contributed by atoms with Crippen molar-refractivity contribution in [3.05, 3.63) is 0 Å². The van der Waals surface area contributed by atoms with Crippen LogP contribution in [0.1, 0.15) is 0 Å². The zero-order valence-corrected chi connectivity index (χ0v) is 7.96. The summed E-state index contributed by atoms with van der Waals surface area (Å²) in [7, 11) is 0. The number of thioether (sulfide) groups is 1. The molecular weight excluding hydrogens is 188 g/mol. The molecule has 0 aliphatic rings. The van der Waals surface area contributed by atoms with Crippen LogP contribution in [0.15, 0.2) is 0 Å². The Morgan fingerprint density at radius 1 is 1.70 bits per heavy atom. The first kappa shape index (κ1) is 10.5. The number of hydrogen-bond acceptors (Lipinski definition) is 4. The van der Waals surface area contributed by atoms with E-state index in [0.717, 1.165) is 5.75 Å². The second-order valence-corrected chi connectivity index (χ2v) is 3.87. The minimum absolute atomic E-state index is 0.158. The molecule has 0 saturated carbocycles. The van der Waals surface area contributed by atoms with Crippen LogP contribution in [-0.2, 0) is 4.79 Å². The Labute approximate surface area is 75.6 Å². The molecule has 0 aliphatic carbocycles. The van der Waals surface area contributed by atoms with Gasteiger partial charge in [0.2, 0.25) is 0 Å². The Morgan fingerprint density at radius 2 is 2.30 bits per heavy atom. The van der Waals surface area contributed by atoms with Crippen LogP contribution in [0.4, 0.5) is 0 Å². The zero-order valence-electron chi connectivity index (χ0n) is 5.36. The first-order valence-electron chi connectivity index (χ1n) is 2.75. The number of carbonyl (C=O) groups is 1. The third-order valence-corrected chi connectivity index (χ3v) is 3.18. The maximum absolute atomic E-state index is 10.0. The molecule has 0 amide bonds. The summed E-state index contributed by atoms with van der Waals surface area (Å²) in [6, 6.07) is 0. The number of thiol groups is 2. The van der Waals surface area contributed by atoms with E-state index in [-0.39, 0.29) is 11.0 Å². The van der Waals surface area contributed by atoms with Gasteiger partial charge in [0.05, 0.1) is 5.75 Å².